The van der Waals surface area contributed by atoms with Crippen molar-refractivity contribution in [1.82, 2.24) is 10.3 Å². The van der Waals surface area contributed by atoms with E-state index in [0.29, 0.717) is 18.6 Å². The zero-order valence-corrected chi connectivity index (χ0v) is 13.7. The molecule has 0 amide bonds. The van der Waals surface area contributed by atoms with Gasteiger partial charge in [0.25, 0.3) is 0 Å². The molecule has 1 aromatic heterocycles. The Kier molecular flexibility index (Phi) is 3.42. The van der Waals surface area contributed by atoms with Crippen molar-refractivity contribution >= 4 is 17.1 Å². The van der Waals surface area contributed by atoms with Crippen molar-refractivity contribution in [3.63, 3.8) is 0 Å². The zero-order valence-electron chi connectivity index (χ0n) is 13.7. The lowest BCUT2D eigenvalue weighted by Gasteiger charge is -2.33. The highest BCUT2D eigenvalue weighted by molar-refractivity contribution is 5.74. The van der Waals surface area contributed by atoms with Gasteiger partial charge in [0.2, 0.25) is 0 Å². The Bertz CT molecular complexity index is 749. The van der Waals surface area contributed by atoms with Crippen molar-refractivity contribution in [2.75, 3.05) is 36.5 Å². The van der Waals surface area contributed by atoms with Crippen molar-refractivity contribution in [3.05, 3.63) is 47.8 Å². The Balaban J connectivity index is 1.58. The fourth-order valence-electron chi connectivity index (χ4n) is 4.46. The molecule has 0 aliphatic carbocycles. The molecule has 5 rings (SSSR count). The van der Waals surface area contributed by atoms with Gasteiger partial charge in [-0.3, -0.25) is 4.98 Å². The Morgan fingerprint density at radius 3 is 3.21 bits per heavy atom. The summed E-state index contributed by atoms with van der Waals surface area (Å²) < 4.78 is 5.87. The van der Waals surface area contributed by atoms with Crippen LogP contribution in [0.25, 0.3) is 0 Å². The van der Waals surface area contributed by atoms with E-state index in [1.165, 1.54) is 23.2 Å². The second-order valence-electron chi connectivity index (χ2n) is 6.85. The third-order valence-electron chi connectivity index (χ3n) is 5.44. The summed E-state index contributed by atoms with van der Waals surface area (Å²) in [5.74, 6) is 0.584. The molecule has 1 fully saturated rings. The molecule has 1 saturated heterocycles. The minimum atomic E-state index is 0.584. The number of nitrogens with one attached hydrogen (secondary N) is 2. The normalized spacial score (nSPS) is 24.9. The van der Waals surface area contributed by atoms with Crippen molar-refractivity contribution in [2.24, 2.45) is 0 Å². The van der Waals surface area contributed by atoms with Crippen LogP contribution in [0.5, 0.6) is 0 Å². The largest absolute Gasteiger partial charge is 0.375 e. The maximum atomic E-state index is 5.87. The van der Waals surface area contributed by atoms with E-state index in [1.54, 1.807) is 6.20 Å². The zero-order chi connectivity index (χ0) is 15.9. The van der Waals surface area contributed by atoms with Crippen LogP contribution >= 0.6 is 0 Å². The molecule has 0 saturated carbocycles. The first-order valence-electron chi connectivity index (χ1n) is 8.79. The van der Waals surface area contributed by atoms with E-state index in [9.17, 15) is 0 Å². The average molecular weight is 322 g/mol. The summed E-state index contributed by atoms with van der Waals surface area (Å²) in [6, 6.07) is 9.20. The number of pyridine rings is 1. The van der Waals surface area contributed by atoms with Crippen LogP contribution in [-0.4, -0.2) is 37.3 Å². The highest BCUT2D eigenvalue weighted by atomic mass is 16.5. The van der Waals surface area contributed by atoms with Gasteiger partial charge in [0.05, 0.1) is 25.1 Å². The Morgan fingerprint density at radius 1 is 1.29 bits per heavy atom. The van der Waals surface area contributed by atoms with Crippen LogP contribution in [0.3, 0.4) is 0 Å². The van der Waals surface area contributed by atoms with E-state index in [1.807, 2.05) is 18.3 Å². The van der Waals surface area contributed by atoms with Gasteiger partial charge >= 0.3 is 0 Å². The Hall–Kier alpha value is -2.11. The molecule has 3 aliphatic heterocycles. The number of fused-ring (bicyclic) bond motifs is 3. The number of aromatic nitrogens is 1. The van der Waals surface area contributed by atoms with Crippen molar-refractivity contribution in [2.45, 2.75) is 25.0 Å². The van der Waals surface area contributed by atoms with Crippen LogP contribution in [0.4, 0.5) is 17.1 Å². The number of piperidine rings is 1. The molecular weight excluding hydrogens is 300 g/mol. The van der Waals surface area contributed by atoms with Gasteiger partial charge in [0.1, 0.15) is 0 Å². The molecule has 2 aromatic rings. The molecule has 2 unspecified atom stereocenters. The van der Waals surface area contributed by atoms with Crippen LogP contribution in [0.15, 0.2) is 36.7 Å². The summed E-state index contributed by atoms with van der Waals surface area (Å²) >= 11 is 0. The fourth-order valence-corrected chi connectivity index (χ4v) is 4.46. The summed E-state index contributed by atoms with van der Waals surface area (Å²) in [5.41, 5.74) is 6.37. The SMILES string of the molecule is c1cncc(Nc2cc3c4c(c2)C2CNCCC2N4CCOC3)c1. The average Bonchev–Trinajstić information content (AvgIpc) is 2.78. The second-order valence-corrected chi connectivity index (χ2v) is 6.85. The molecule has 3 aliphatic rings. The second kappa shape index (κ2) is 5.76. The molecule has 2 atom stereocenters. The number of benzene rings is 1. The van der Waals surface area contributed by atoms with E-state index in [2.05, 4.69) is 32.7 Å². The summed E-state index contributed by atoms with van der Waals surface area (Å²) in [5, 5.41) is 7.08. The first-order valence-corrected chi connectivity index (χ1v) is 8.79. The standard InChI is InChI=1S/C19H22N4O/c1-2-14(10-20-4-1)22-15-8-13-12-24-7-6-23-18-3-5-21-11-17(18)16(9-15)19(13)23/h1-2,4,8-10,17-18,21-22H,3,5-7,11-12H2. The van der Waals surface area contributed by atoms with Gasteiger partial charge in [-0.2, -0.15) is 0 Å². The predicted molar refractivity (Wildman–Crippen MR) is 95.0 cm³/mol. The molecule has 1 aromatic carbocycles. The molecule has 124 valence electrons. The third kappa shape index (κ3) is 2.27. The van der Waals surface area contributed by atoms with E-state index in [4.69, 9.17) is 4.74 Å². The minimum Gasteiger partial charge on any atom is -0.375 e. The quantitative estimate of drug-likeness (QED) is 0.890. The highest BCUT2D eigenvalue weighted by Gasteiger charge is 2.41. The maximum Gasteiger partial charge on any atom is 0.0738 e. The molecular formula is C19H22N4O. The number of rotatable bonds is 2. The van der Waals surface area contributed by atoms with Crippen molar-refractivity contribution in [1.29, 1.82) is 0 Å². The Morgan fingerprint density at radius 2 is 2.29 bits per heavy atom. The molecule has 4 heterocycles. The molecule has 0 bridgehead atoms. The first kappa shape index (κ1) is 14.3. The highest BCUT2D eigenvalue weighted by Crippen LogP contribution is 2.47. The van der Waals surface area contributed by atoms with Crippen LogP contribution in [-0.2, 0) is 11.3 Å². The van der Waals surface area contributed by atoms with Crippen LogP contribution in [0, 0.1) is 0 Å². The summed E-state index contributed by atoms with van der Waals surface area (Å²) in [6.07, 6.45) is 4.87. The van der Waals surface area contributed by atoms with Gasteiger partial charge in [0, 0.05) is 48.2 Å². The lowest BCUT2D eigenvalue weighted by atomic mass is 9.89. The summed E-state index contributed by atoms with van der Waals surface area (Å²) in [4.78, 5) is 6.80. The summed E-state index contributed by atoms with van der Waals surface area (Å²) in [6.45, 7) is 4.72. The molecule has 5 nitrogen and oxygen atoms in total. The lowest BCUT2D eigenvalue weighted by molar-refractivity contribution is 0.130. The minimum absolute atomic E-state index is 0.584. The monoisotopic (exact) mass is 322 g/mol. The van der Waals surface area contributed by atoms with Gasteiger partial charge in [0.15, 0.2) is 0 Å². The topological polar surface area (TPSA) is 49.4 Å². The van der Waals surface area contributed by atoms with Crippen molar-refractivity contribution in [3.8, 4) is 0 Å². The lowest BCUT2D eigenvalue weighted by Crippen LogP contribution is -2.44. The summed E-state index contributed by atoms with van der Waals surface area (Å²) in [7, 11) is 0. The maximum absolute atomic E-state index is 5.87. The van der Waals surface area contributed by atoms with E-state index < -0.39 is 0 Å². The number of hydrogen-bond donors (Lipinski definition) is 2. The van der Waals surface area contributed by atoms with Crippen LogP contribution in [0.2, 0.25) is 0 Å². The number of nitrogens with zero attached hydrogens (tertiary/aromatic N) is 2. The van der Waals surface area contributed by atoms with Crippen LogP contribution in [0.1, 0.15) is 23.5 Å². The van der Waals surface area contributed by atoms with Gasteiger partial charge in [-0.1, -0.05) is 0 Å². The van der Waals surface area contributed by atoms with E-state index >= 15 is 0 Å². The van der Waals surface area contributed by atoms with Crippen LogP contribution < -0.4 is 15.5 Å². The van der Waals surface area contributed by atoms with E-state index in [0.717, 1.165) is 37.6 Å². The Labute approximate surface area is 142 Å². The number of anilines is 3. The third-order valence-corrected chi connectivity index (χ3v) is 5.44. The fraction of sp³-hybridized carbons (Fsp3) is 0.421. The van der Waals surface area contributed by atoms with Gasteiger partial charge in [-0.15, -0.1) is 0 Å². The number of ether oxygens (including phenoxy) is 1. The predicted octanol–water partition coefficient (Wildman–Crippen LogP) is 2.62. The molecule has 5 heteroatoms. The van der Waals surface area contributed by atoms with Gasteiger partial charge in [-0.05, 0) is 42.8 Å². The molecule has 0 radical (unpaired) electrons. The smallest absolute Gasteiger partial charge is 0.0738 e. The first-order chi connectivity index (χ1) is 11.9. The van der Waals surface area contributed by atoms with E-state index in [-0.39, 0.29) is 0 Å². The van der Waals surface area contributed by atoms with Crippen molar-refractivity contribution < 1.29 is 4.74 Å². The van der Waals surface area contributed by atoms with Gasteiger partial charge < -0.3 is 20.3 Å². The molecule has 0 spiro atoms. The van der Waals surface area contributed by atoms with Gasteiger partial charge in [-0.25, -0.2) is 0 Å². The molecule has 24 heavy (non-hydrogen) atoms. The number of hydrogen-bond acceptors (Lipinski definition) is 5. The molecule has 2 N–H and O–H groups in total.